The van der Waals surface area contributed by atoms with Gasteiger partial charge in [-0.15, -0.1) is 0 Å². The van der Waals surface area contributed by atoms with Gasteiger partial charge in [-0.3, -0.25) is 19.2 Å². The Hall–Kier alpha value is -3.43. The van der Waals surface area contributed by atoms with Crippen molar-refractivity contribution in [1.82, 2.24) is 16.0 Å². The van der Waals surface area contributed by atoms with Gasteiger partial charge in [-0.05, 0) is 19.1 Å². The number of carboxylic acids is 1. The van der Waals surface area contributed by atoms with Crippen molar-refractivity contribution >= 4 is 29.7 Å². The van der Waals surface area contributed by atoms with Crippen LogP contribution in [0.1, 0.15) is 17.3 Å². The van der Waals surface area contributed by atoms with Gasteiger partial charge in [0.2, 0.25) is 11.8 Å². The van der Waals surface area contributed by atoms with E-state index in [1.807, 2.05) is 0 Å². The van der Waals surface area contributed by atoms with E-state index >= 15 is 0 Å². The highest BCUT2D eigenvalue weighted by Crippen LogP contribution is 2.00. The van der Waals surface area contributed by atoms with Crippen molar-refractivity contribution in [2.75, 3.05) is 19.7 Å². The highest BCUT2D eigenvalue weighted by atomic mass is 16.5. The van der Waals surface area contributed by atoms with E-state index in [2.05, 4.69) is 16.0 Å². The van der Waals surface area contributed by atoms with Crippen LogP contribution in [-0.2, 0) is 23.9 Å². The Bertz CT molecular complexity index is 676. The molecule has 0 bridgehead atoms. The fourth-order valence-corrected chi connectivity index (χ4v) is 1.69. The number of carbonyl (C=O) groups excluding carboxylic acids is 4. The minimum Gasteiger partial charge on any atom is -0.480 e. The first kappa shape index (κ1) is 20.6. The minimum atomic E-state index is -1.21. The molecule has 0 saturated heterocycles. The van der Waals surface area contributed by atoms with Gasteiger partial charge >= 0.3 is 11.9 Å². The summed E-state index contributed by atoms with van der Waals surface area (Å²) in [4.78, 5) is 56.7. The molecular weight excluding hydrogens is 346 g/mol. The lowest BCUT2D eigenvalue weighted by atomic mass is 10.2. The van der Waals surface area contributed by atoms with E-state index in [-0.39, 0.29) is 0 Å². The molecule has 0 unspecified atom stereocenters. The van der Waals surface area contributed by atoms with E-state index in [4.69, 9.17) is 9.84 Å². The first-order valence-corrected chi connectivity index (χ1v) is 7.57. The molecule has 140 valence electrons. The van der Waals surface area contributed by atoms with Gasteiger partial charge in [-0.2, -0.15) is 0 Å². The van der Waals surface area contributed by atoms with Crippen molar-refractivity contribution in [3.8, 4) is 0 Å². The predicted molar refractivity (Wildman–Crippen MR) is 88.0 cm³/mol. The van der Waals surface area contributed by atoms with Crippen LogP contribution in [0.3, 0.4) is 0 Å². The zero-order chi connectivity index (χ0) is 19.5. The van der Waals surface area contributed by atoms with E-state index < -0.39 is 55.4 Å². The summed E-state index contributed by atoms with van der Waals surface area (Å²) in [5.41, 5.74) is 0.291. The van der Waals surface area contributed by atoms with Gasteiger partial charge in [0.1, 0.15) is 12.6 Å². The van der Waals surface area contributed by atoms with Crippen molar-refractivity contribution in [1.29, 1.82) is 0 Å². The topological polar surface area (TPSA) is 151 Å². The Morgan fingerprint density at radius 2 is 1.65 bits per heavy atom. The van der Waals surface area contributed by atoms with E-state index in [1.165, 1.54) is 19.1 Å². The molecule has 1 atom stereocenters. The van der Waals surface area contributed by atoms with Gasteiger partial charge in [0, 0.05) is 0 Å². The van der Waals surface area contributed by atoms with Crippen LogP contribution in [0, 0.1) is 0 Å². The molecule has 3 amide bonds. The van der Waals surface area contributed by atoms with Crippen LogP contribution in [0.15, 0.2) is 30.3 Å². The zero-order valence-corrected chi connectivity index (χ0v) is 14.0. The number of nitrogens with one attached hydrogen (secondary N) is 3. The fourth-order valence-electron chi connectivity index (χ4n) is 1.69. The van der Waals surface area contributed by atoms with Crippen LogP contribution >= 0.6 is 0 Å². The Labute approximate surface area is 148 Å². The Kier molecular flexibility index (Phi) is 8.28. The SMILES string of the molecule is C[C@@H](NC(=O)CNC(=O)COC(=O)c1ccccc1)C(=O)NCC(=O)O. The molecule has 0 saturated carbocycles. The molecular formula is C16H19N3O7. The molecule has 4 N–H and O–H groups in total. The molecule has 1 aromatic carbocycles. The summed E-state index contributed by atoms with van der Waals surface area (Å²) in [6.07, 6.45) is 0. The Morgan fingerprint density at radius 1 is 1.00 bits per heavy atom. The number of rotatable bonds is 9. The lowest BCUT2D eigenvalue weighted by Gasteiger charge is -2.13. The van der Waals surface area contributed by atoms with Gasteiger partial charge < -0.3 is 25.8 Å². The maximum Gasteiger partial charge on any atom is 0.338 e. The second-order valence-corrected chi connectivity index (χ2v) is 5.12. The number of aliphatic carboxylic acids is 1. The lowest BCUT2D eigenvalue weighted by Crippen LogP contribution is -2.49. The molecule has 0 radical (unpaired) electrons. The van der Waals surface area contributed by atoms with Crippen LogP contribution in [0.5, 0.6) is 0 Å². The van der Waals surface area contributed by atoms with Gasteiger partial charge in [0.25, 0.3) is 5.91 Å². The Morgan fingerprint density at radius 3 is 2.27 bits per heavy atom. The normalized spacial score (nSPS) is 11.0. The third-order valence-electron chi connectivity index (χ3n) is 2.97. The molecule has 0 aliphatic rings. The fraction of sp³-hybridized carbons (Fsp3) is 0.312. The quantitative estimate of drug-likeness (QED) is 0.396. The second kappa shape index (κ2) is 10.4. The molecule has 0 heterocycles. The summed E-state index contributed by atoms with van der Waals surface area (Å²) in [7, 11) is 0. The van der Waals surface area contributed by atoms with E-state index in [1.54, 1.807) is 18.2 Å². The maximum absolute atomic E-state index is 11.6. The number of ether oxygens (including phenoxy) is 1. The summed E-state index contributed by atoms with van der Waals surface area (Å²) in [6.45, 7) is -0.199. The number of benzene rings is 1. The van der Waals surface area contributed by atoms with Crippen LogP contribution < -0.4 is 16.0 Å². The van der Waals surface area contributed by atoms with Crippen molar-refractivity contribution in [3.05, 3.63) is 35.9 Å². The lowest BCUT2D eigenvalue weighted by molar-refractivity contribution is -0.138. The number of hydrogen-bond acceptors (Lipinski definition) is 6. The van der Waals surface area contributed by atoms with Gasteiger partial charge in [0.15, 0.2) is 6.61 Å². The maximum atomic E-state index is 11.6. The largest absolute Gasteiger partial charge is 0.480 e. The summed E-state index contributed by atoms with van der Waals surface area (Å²) in [5, 5.41) is 15.1. The average molecular weight is 365 g/mol. The number of hydrogen-bond donors (Lipinski definition) is 4. The number of carbonyl (C=O) groups is 5. The third kappa shape index (κ3) is 7.90. The minimum absolute atomic E-state index is 0.291. The third-order valence-corrected chi connectivity index (χ3v) is 2.97. The zero-order valence-electron chi connectivity index (χ0n) is 14.0. The molecule has 0 aliphatic heterocycles. The van der Waals surface area contributed by atoms with Crippen LogP contribution in [0.25, 0.3) is 0 Å². The van der Waals surface area contributed by atoms with E-state index in [0.29, 0.717) is 5.56 Å². The van der Waals surface area contributed by atoms with Gasteiger partial charge in [0.05, 0.1) is 12.1 Å². The summed E-state index contributed by atoms with van der Waals surface area (Å²) >= 11 is 0. The van der Waals surface area contributed by atoms with Crippen LogP contribution in [-0.4, -0.2) is 60.5 Å². The number of carboxylic acid groups (broad SMARTS) is 1. The van der Waals surface area contributed by atoms with Crippen LogP contribution in [0.4, 0.5) is 0 Å². The smallest absolute Gasteiger partial charge is 0.338 e. The summed E-state index contributed by atoms with van der Waals surface area (Å²) < 4.78 is 4.79. The first-order valence-electron chi connectivity index (χ1n) is 7.57. The molecule has 1 aromatic rings. The molecule has 0 spiro atoms. The first-order chi connectivity index (χ1) is 12.3. The van der Waals surface area contributed by atoms with Crippen molar-refractivity contribution < 1.29 is 33.8 Å². The number of esters is 1. The number of amides is 3. The molecule has 1 rings (SSSR count). The van der Waals surface area contributed by atoms with Gasteiger partial charge in [-0.1, -0.05) is 18.2 Å². The monoisotopic (exact) mass is 365 g/mol. The van der Waals surface area contributed by atoms with Gasteiger partial charge in [-0.25, -0.2) is 4.79 Å². The van der Waals surface area contributed by atoms with Crippen molar-refractivity contribution in [3.63, 3.8) is 0 Å². The Balaban J connectivity index is 2.27. The highest BCUT2D eigenvalue weighted by Gasteiger charge is 2.17. The van der Waals surface area contributed by atoms with Crippen molar-refractivity contribution in [2.24, 2.45) is 0 Å². The summed E-state index contributed by atoms with van der Waals surface area (Å²) in [6, 6.07) is 7.11. The molecule has 10 nitrogen and oxygen atoms in total. The highest BCUT2D eigenvalue weighted by molar-refractivity contribution is 5.93. The molecule has 0 aromatic heterocycles. The predicted octanol–water partition coefficient (Wildman–Crippen LogP) is -1.33. The summed E-state index contributed by atoms with van der Waals surface area (Å²) in [5.74, 6) is -3.91. The average Bonchev–Trinajstić information content (AvgIpc) is 2.62. The second-order valence-electron chi connectivity index (χ2n) is 5.12. The molecule has 10 heteroatoms. The molecule has 26 heavy (non-hydrogen) atoms. The van der Waals surface area contributed by atoms with Crippen LogP contribution in [0.2, 0.25) is 0 Å². The van der Waals surface area contributed by atoms with E-state index in [9.17, 15) is 24.0 Å². The standard InChI is InChI=1S/C16H19N3O7/c1-10(15(24)18-8-14(22)23)19-12(20)7-17-13(21)9-26-16(25)11-5-3-2-4-6-11/h2-6,10H,7-9H2,1H3,(H,17,21)(H,18,24)(H,19,20)(H,22,23)/t10-/m1/s1. The molecule has 0 aliphatic carbocycles. The molecule has 0 fully saturated rings. The van der Waals surface area contributed by atoms with E-state index in [0.717, 1.165) is 0 Å². The van der Waals surface area contributed by atoms with Crippen molar-refractivity contribution in [2.45, 2.75) is 13.0 Å².